The lowest BCUT2D eigenvalue weighted by Gasteiger charge is -2.13. The number of nitrogens with zero attached hydrogens (tertiary/aromatic N) is 1. The molecule has 0 bridgehead atoms. The number of hydrogen-bond donors (Lipinski definition) is 0. The van der Waals surface area contributed by atoms with E-state index in [-0.39, 0.29) is 11.8 Å². The standard InChI is InChI=1S/C20H17Cl2NO2S/c1-2-10-23-19(24)17(15-9-8-14(21)11-16(15)22)18(20(23)25)26-12-13-6-4-3-5-7-13/h3-9,11H,2,10,12H2,1H3. The first-order valence-corrected chi connectivity index (χ1v) is 9.99. The Bertz CT molecular complexity index is 881. The quantitative estimate of drug-likeness (QED) is 0.602. The summed E-state index contributed by atoms with van der Waals surface area (Å²) in [5, 5.41) is 0.852. The summed E-state index contributed by atoms with van der Waals surface area (Å²) in [6.07, 6.45) is 0.704. The fraction of sp³-hybridized carbons (Fsp3) is 0.200. The third-order valence-electron chi connectivity index (χ3n) is 4.00. The van der Waals surface area contributed by atoms with Gasteiger partial charge in [0.1, 0.15) is 0 Å². The van der Waals surface area contributed by atoms with Crippen molar-refractivity contribution < 1.29 is 9.59 Å². The molecule has 0 unspecified atom stereocenters. The van der Waals surface area contributed by atoms with Crippen molar-refractivity contribution in [2.24, 2.45) is 0 Å². The van der Waals surface area contributed by atoms with Crippen LogP contribution in [0.3, 0.4) is 0 Å². The van der Waals surface area contributed by atoms with Crippen molar-refractivity contribution in [3.05, 3.63) is 74.6 Å². The zero-order chi connectivity index (χ0) is 18.7. The van der Waals surface area contributed by atoms with Crippen LogP contribution in [0, 0.1) is 0 Å². The van der Waals surface area contributed by atoms with E-state index >= 15 is 0 Å². The molecule has 3 rings (SSSR count). The molecule has 26 heavy (non-hydrogen) atoms. The molecule has 0 saturated heterocycles. The number of carbonyl (C=O) groups is 2. The molecule has 1 aliphatic heterocycles. The lowest BCUT2D eigenvalue weighted by molar-refractivity contribution is -0.136. The van der Waals surface area contributed by atoms with Crippen molar-refractivity contribution in [2.75, 3.05) is 6.54 Å². The number of carbonyl (C=O) groups excluding carboxylic acids is 2. The van der Waals surface area contributed by atoms with Crippen LogP contribution < -0.4 is 0 Å². The zero-order valence-electron chi connectivity index (χ0n) is 14.2. The van der Waals surface area contributed by atoms with Gasteiger partial charge in [0.25, 0.3) is 11.8 Å². The Balaban J connectivity index is 2.01. The fourth-order valence-electron chi connectivity index (χ4n) is 2.77. The first-order chi connectivity index (χ1) is 12.5. The number of imide groups is 1. The van der Waals surface area contributed by atoms with Crippen molar-refractivity contribution in [2.45, 2.75) is 19.1 Å². The molecular weight excluding hydrogens is 389 g/mol. The molecule has 2 aromatic rings. The van der Waals surface area contributed by atoms with Gasteiger partial charge in [-0.3, -0.25) is 14.5 Å². The second-order valence-electron chi connectivity index (χ2n) is 5.86. The molecule has 0 radical (unpaired) electrons. The van der Waals surface area contributed by atoms with E-state index < -0.39 is 0 Å². The Labute approximate surface area is 167 Å². The third kappa shape index (κ3) is 3.83. The average molecular weight is 406 g/mol. The van der Waals surface area contributed by atoms with E-state index in [0.29, 0.717) is 44.8 Å². The molecule has 1 heterocycles. The Morgan fingerprint density at radius 1 is 1.00 bits per heavy atom. The van der Waals surface area contributed by atoms with Crippen LogP contribution in [0.2, 0.25) is 10.0 Å². The van der Waals surface area contributed by atoms with Gasteiger partial charge < -0.3 is 0 Å². The molecule has 3 nitrogen and oxygen atoms in total. The number of thioether (sulfide) groups is 1. The minimum absolute atomic E-state index is 0.251. The topological polar surface area (TPSA) is 37.4 Å². The van der Waals surface area contributed by atoms with E-state index in [0.717, 1.165) is 5.56 Å². The van der Waals surface area contributed by atoms with E-state index in [2.05, 4.69) is 0 Å². The normalized spacial score (nSPS) is 14.5. The molecule has 0 spiro atoms. The van der Waals surface area contributed by atoms with Crippen LogP contribution in [0.5, 0.6) is 0 Å². The monoisotopic (exact) mass is 405 g/mol. The summed E-state index contributed by atoms with van der Waals surface area (Å²) in [7, 11) is 0. The van der Waals surface area contributed by atoms with Crippen molar-refractivity contribution in [1.29, 1.82) is 0 Å². The van der Waals surface area contributed by atoms with E-state index in [1.54, 1.807) is 18.2 Å². The average Bonchev–Trinajstić information content (AvgIpc) is 2.86. The summed E-state index contributed by atoms with van der Waals surface area (Å²) in [4.78, 5) is 27.5. The molecule has 0 N–H and O–H groups in total. The minimum atomic E-state index is -0.295. The van der Waals surface area contributed by atoms with Gasteiger partial charge in [-0.1, -0.05) is 66.5 Å². The van der Waals surface area contributed by atoms with E-state index in [1.807, 2.05) is 37.3 Å². The van der Waals surface area contributed by atoms with Crippen LogP contribution in [0.4, 0.5) is 0 Å². The lowest BCUT2D eigenvalue weighted by Crippen LogP contribution is -2.32. The Morgan fingerprint density at radius 3 is 2.38 bits per heavy atom. The maximum Gasteiger partial charge on any atom is 0.267 e. The highest BCUT2D eigenvalue weighted by Crippen LogP contribution is 2.40. The van der Waals surface area contributed by atoms with Crippen LogP contribution in [0.15, 0.2) is 53.4 Å². The molecular formula is C20H17Cl2NO2S. The number of benzene rings is 2. The van der Waals surface area contributed by atoms with E-state index in [4.69, 9.17) is 23.2 Å². The maximum absolute atomic E-state index is 12.9. The highest BCUT2D eigenvalue weighted by atomic mass is 35.5. The molecule has 134 valence electrons. The molecule has 0 saturated carbocycles. The van der Waals surface area contributed by atoms with Gasteiger partial charge in [-0.25, -0.2) is 0 Å². The van der Waals surface area contributed by atoms with Crippen molar-refractivity contribution >= 4 is 52.4 Å². The molecule has 0 atom stereocenters. The van der Waals surface area contributed by atoms with Crippen LogP contribution in [-0.2, 0) is 15.3 Å². The second-order valence-corrected chi connectivity index (χ2v) is 7.69. The zero-order valence-corrected chi connectivity index (χ0v) is 16.5. The first-order valence-electron chi connectivity index (χ1n) is 8.25. The number of rotatable bonds is 6. The highest BCUT2D eigenvalue weighted by molar-refractivity contribution is 8.03. The third-order valence-corrected chi connectivity index (χ3v) is 5.69. The van der Waals surface area contributed by atoms with Gasteiger partial charge in [0.15, 0.2) is 0 Å². The smallest absolute Gasteiger partial charge is 0.267 e. The Hall–Kier alpha value is -1.75. The molecule has 0 fully saturated rings. The summed E-state index contributed by atoms with van der Waals surface area (Å²) in [6, 6.07) is 14.8. The van der Waals surface area contributed by atoms with Gasteiger partial charge in [-0.15, -0.1) is 11.8 Å². The number of amides is 2. The van der Waals surface area contributed by atoms with Crippen LogP contribution in [0.25, 0.3) is 5.57 Å². The van der Waals surface area contributed by atoms with Gasteiger partial charge in [0, 0.05) is 22.9 Å². The lowest BCUT2D eigenvalue weighted by atomic mass is 10.1. The number of hydrogen-bond acceptors (Lipinski definition) is 3. The first kappa shape index (κ1) is 19.0. The minimum Gasteiger partial charge on any atom is -0.274 e. The predicted molar refractivity (Wildman–Crippen MR) is 108 cm³/mol. The molecule has 1 aliphatic rings. The van der Waals surface area contributed by atoms with Gasteiger partial charge >= 0.3 is 0 Å². The second kappa shape index (κ2) is 8.30. The summed E-state index contributed by atoms with van der Waals surface area (Å²) >= 11 is 13.7. The van der Waals surface area contributed by atoms with Gasteiger partial charge in [-0.05, 0) is 24.1 Å². The highest BCUT2D eigenvalue weighted by Gasteiger charge is 2.39. The fourth-order valence-corrected chi connectivity index (χ4v) is 4.36. The van der Waals surface area contributed by atoms with Crippen molar-refractivity contribution in [3.8, 4) is 0 Å². The largest absolute Gasteiger partial charge is 0.274 e. The van der Waals surface area contributed by atoms with E-state index in [9.17, 15) is 9.59 Å². The summed E-state index contributed by atoms with van der Waals surface area (Å²) in [5.41, 5.74) is 2.00. The summed E-state index contributed by atoms with van der Waals surface area (Å²) in [6.45, 7) is 2.33. The molecule has 6 heteroatoms. The van der Waals surface area contributed by atoms with Crippen LogP contribution >= 0.6 is 35.0 Å². The Morgan fingerprint density at radius 2 is 1.73 bits per heavy atom. The SMILES string of the molecule is CCCN1C(=O)C(SCc2ccccc2)=C(c2ccc(Cl)cc2Cl)C1=O. The molecule has 2 aromatic carbocycles. The Kier molecular flexibility index (Phi) is 6.07. The van der Waals surface area contributed by atoms with Crippen LogP contribution in [-0.4, -0.2) is 23.3 Å². The van der Waals surface area contributed by atoms with Gasteiger partial charge in [-0.2, -0.15) is 0 Å². The molecule has 0 aromatic heterocycles. The summed E-state index contributed by atoms with van der Waals surface area (Å²) in [5.74, 6) is 0.0552. The number of halogens is 2. The maximum atomic E-state index is 12.9. The summed E-state index contributed by atoms with van der Waals surface area (Å²) < 4.78 is 0. The van der Waals surface area contributed by atoms with Gasteiger partial charge in [0.05, 0.1) is 15.5 Å². The van der Waals surface area contributed by atoms with Crippen LogP contribution in [0.1, 0.15) is 24.5 Å². The van der Waals surface area contributed by atoms with Gasteiger partial charge in [0.2, 0.25) is 0 Å². The molecule has 0 aliphatic carbocycles. The van der Waals surface area contributed by atoms with Crippen molar-refractivity contribution in [3.63, 3.8) is 0 Å². The van der Waals surface area contributed by atoms with Crippen molar-refractivity contribution in [1.82, 2.24) is 4.90 Å². The predicted octanol–water partition coefficient (Wildman–Crippen LogP) is 5.42. The molecule has 2 amide bonds. The van der Waals surface area contributed by atoms with E-state index in [1.165, 1.54) is 16.7 Å².